The van der Waals surface area contributed by atoms with Crippen molar-refractivity contribution in [1.82, 2.24) is 0 Å². The molecule has 24 aliphatic rings. The van der Waals surface area contributed by atoms with Gasteiger partial charge in [0, 0.05) is 51.1 Å². The average molecular weight is 1850 g/mol. The summed E-state index contributed by atoms with van der Waals surface area (Å²) in [6, 6.07) is 129. The maximum absolute atomic E-state index is 2.55. The van der Waals surface area contributed by atoms with Crippen LogP contribution in [0, 0.1) is 107 Å². The van der Waals surface area contributed by atoms with E-state index < -0.39 is 0 Å². The second-order valence-electron chi connectivity index (χ2n) is 51.8. The Kier molecular flexibility index (Phi) is 21.3. The van der Waals surface area contributed by atoms with Gasteiger partial charge in [-0.2, -0.15) is 0 Å². The number of para-hydroxylation sites is 1. The molecule has 712 valence electrons. The lowest BCUT2D eigenvalue weighted by Crippen LogP contribution is -2.48. The van der Waals surface area contributed by atoms with Gasteiger partial charge in [0.1, 0.15) is 0 Å². The van der Waals surface area contributed by atoms with Gasteiger partial charge in [-0.1, -0.05) is 224 Å². The summed E-state index contributed by atoms with van der Waals surface area (Å²) in [7, 11) is 0. The fourth-order valence-electron chi connectivity index (χ4n) is 39.2. The van der Waals surface area contributed by atoms with Crippen molar-refractivity contribution in [3.63, 3.8) is 0 Å². The van der Waals surface area contributed by atoms with Gasteiger partial charge in [0.15, 0.2) is 0 Å². The summed E-state index contributed by atoms with van der Waals surface area (Å²) < 4.78 is 0. The SMILES string of the molecule is c1ccc(-c2cc(-c3ccccc3)cc(N(c3ccc(C45CC6CC(CC(C6)C4)C5)cc3)c3ccc(C45CC6CC(CC(C6)C4)C5)cc3)c2)cc1.c1ccc(-c2cccc(N(c3ccc(C45CC6CC(CC(C6)C4)C5)cc3)c3ccc(C45CC6CC(CC(C6)C4)C5)cc3)c2)cc1.c1ccc(-c2ccccc2N(c2ccc(C34CC5CC(CC(C5)C3)C4)cc2)c2ccc(C34CC5CC(CC(C5)C3)C4)cc2)cc1. The van der Waals surface area contributed by atoms with Crippen LogP contribution in [0.4, 0.5) is 51.2 Å². The standard InChI is InChI=1S/C50H51N.2C44H47N/c1-3-7-40(8-4-1)42-25-43(41-9-5-2-6-10-41)27-48(26-42)51(46-15-11-44(12-16-46)49-28-34-19-35(29-49)21-36(20-34)30-49)47-17-13-45(14-18-47)50-31-37-22-38(32-50)24-39(23-37)33-50;1-2-6-36(7-3-1)41-8-4-5-9-42(41)45(39-14-10-37(11-15-39)43-24-30-18-31(25-43)20-32(19-30)26-43)40-16-12-38(13-17-40)44-27-33-21-34(28-44)23-35(22-33)29-44;1-2-5-36(6-3-1)37-7-4-8-42(23-37)45(40-13-9-38(10-14-40)43-24-30-17-31(25-43)19-32(18-30)26-43)41-15-11-39(12-16-41)44-27-33-20-34(28-44)22-35(21-33)29-44/h1-18,25-27,34-39H,19-24,28-33H2;1-17,30-35H,18-29H2;1-16,23,30-35H,17-22,24-29H2. The molecule has 24 saturated carbocycles. The molecule has 0 heterocycles. The summed E-state index contributed by atoms with van der Waals surface area (Å²) in [5.74, 6) is 17.4. The van der Waals surface area contributed by atoms with Crippen molar-refractivity contribution >= 4 is 51.2 Å². The number of hydrogen-bond donors (Lipinski definition) is 0. The molecule has 24 bridgehead atoms. The number of benzene rings is 13. The zero-order valence-electron chi connectivity index (χ0n) is 83.4. The highest BCUT2D eigenvalue weighted by atomic mass is 15.2. The van der Waals surface area contributed by atoms with Gasteiger partial charge in [0.2, 0.25) is 0 Å². The van der Waals surface area contributed by atoms with Gasteiger partial charge in [-0.15, -0.1) is 0 Å². The molecular formula is C138H145N3. The Hall–Kier alpha value is -10.7. The molecule has 0 atom stereocenters. The van der Waals surface area contributed by atoms with E-state index in [9.17, 15) is 0 Å². The van der Waals surface area contributed by atoms with Crippen LogP contribution in [0.1, 0.15) is 265 Å². The third kappa shape index (κ3) is 15.8. The molecule has 13 aromatic carbocycles. The highest BCUT2D eigenvalue weighted by Gasteiger charge is 2.58. The molecule has 37 rings (SSSR count). The zero-order chi connectivity index (χ0) is 92.8. The fourth-order valence-corrected chi connectivity index (χ4v) is 39.2. The molecule has 3 nitrogen and oxygen atoms in total. The van der Waals surface area contributed by atoms with Crippen LogP contribution in [-0.2, 0) is 32.5 Å². The summed E-state index contributed by atoms with van der Waals surface area (Å²) >= 11 is 0. The highest BCUT2D eigenvalue weighted by Crippen LogP contribution is 2.69. The topological polar surface area (TPSA) is 9.72 Å². The van der Waals surface area contributed by atoms with Crippen LogP contribution in [0.5, 0.6) is 0 Å². The van der Waals surface area contributed by atoms with Crippen molar-refractivity contribution in [2.45, 2.75) is 264 Å². The molecule has 0 amide bonds. The zero-order valence-corrected chi connectivity index (χ0v) is 83.4. The predicted octanol–water partition coefficient (Wildman–Crippen LogP) is 36.9. The number of nitrogens with zero attached hydrogens (tertiary/aromatic N) is 3. The van der Waals surface area contributed by atoms with E-state index in [1.54, 1.807) is 33.4 Å². The third-order valence-corrected chi connectivity index (χ3v) is 42.5. The molecule has 3 heteroatoms. The van der Waals surface area contributed by atoms with E-state index in [2.05, 4.69) is 348 Å². The molecule has 13 aromatic rings. The molecule has 0 unspecified atom stereocenters. The van der Waals surface area contributed by atoms with Crippen molar-refractivity contribution in [2.24, 2.45) is 107 Å². The summed E-state index contributed by atoms with van der Waals surface area (Å²) in [6.07, 6.45) is 52.5. The van der Waals surface area contributed by atoms with E-state index in [-0.39, 0.29) is 0 Å². The smallest absolute Gasteiger partial charge is 0.0540 e. The molecule has 24 aliphatic carbocycles. The lowest BCUT2D eigenvalue weighted by atomic mass is 9.48. The Morgan fingerprint density at radius 2 is 0.326 bits per heavy atom. The minimum atomic E-state index is 0.408. The highest BCUT2D eigenvalue weighted by molar-refractivity contribution is 5.89. The average Bonchev–Trinajstić information content (AvgIpc) is 0.743. The first-order valence-electron chi connectivity index (χ1n) is 56.9. The van der Waals surface area contributed by atoms with Gasteiger partial charge in [-0.05, 0) is 552 Å². The van der Waals surface area contributed by atoms with Crippen molar-refractivity contribution in [1.29, 1.82) is 0 Å². The van der Waals surface area contributed by atoms with Crippen LogP contribution in [-0.4, -0.2) is 0 Å². The van der Waals surface area contributed by atoms with Crippen LogP contribution >= 0.6 is 0 Å². The van der Waals surface area contributed by atoms with Crippen molar-refractivity contribution in [2.75, 3.05) is 14.7 Å². The van der Waals surface area contributed by atoms with E-state index >= 15 is 0 Å². The van der Waals surface area contributed by atoms with E-state index in [0.29, 0.717) is 32.5 Å². The van der Waals surface area contributed by atoms with Gasteiger partial charge in [-0.3, -0.25) is 0 Å². The molecule has 0 spiro atoms. The minimum absolute atomic E-state index is 0.408. The van der Waals surface area contributed by atoms with Crippen LogP contribution < -0.4 is 14.7 Å². The first-order valence-corrected chi connectivity index (χ1v) is 56.9. The first-order chi connectivity index (χ1) is 69.3. The van der Waals surface area contributed by atoms with E-state index in [1.165, 1.54) is 327 Å². The summed E-state index contributed by atoms with van der Waals surface area (Å²) in [6.45, 7) is 0. The van der Waals surface area contributed by atoms with Gasteiger partial charge in [0.25, 0.3) is 0 Å². The molecule has 0 aliphatic heterocycles. The fraction of sp³-hybridized carbons (Fsp3) is 0.435. The largest absolute Gasteiger partial charge is 0.310 e. The van der Waals surface area contributed by atoms with E-state index in [0.717, 1.165) is 107 Å². The number of hydrogen-bond acceptors (Lipinski definition) is 3. The quantitative estimate of drug-likeness (QED) is 0.0799. The molecule has 0 radical (unpaired) electrons. The predicted molar refractivity (Wildman–Crippen MR) is 584 cm³/mol. The normalized spacial score (nSPS) is 34.5. The Bertz CT molecular complexity index is 6190. The number of rotatable bonds is 19. The Morgan fingerprint density at radius 3 is 0.574 bits per heavy atom. The second-order valence-corrected chi connectivity index (χ2v) is 51.8. The Labute approximate surface area is 841 Å². The van der Waals surface area contributed by atoms with Crippen molar-refractivity contribution < 1.29 is 0 Å². The minimum Gasteiger partial charge on any atom is -0.310 e. The van der Waals surface area contributed by atoms with E-state index in [1.807, 2.05) is 0 Å². The molecular weight excluding hydrogens is 1700 g/mol. The Morgan fingerprint density at radius 1 is 0.135 bits per heavy atom. The summed E-state index contributed by atoms with van der Waals surface area (Å²) in [5.41, 5.74) is 33.7. The van der Waals surface area contributed by atoms with Crippen LogP contribution in [0.15, 0.2) is 334 Å². The molecule has 24 fully saturated rings. The molecule has 0 aromatic heterocycles. The van der Waals surface area contributed by atoms with Gasteiger partial charge in [0.05, 0.1) is 5.69 Å². The third-order valence-electron chi connectivity index (χ3n) is 42.5. The van der Waals surface area contributed by atoms with Gasteiger partial charge < -0.3 is 14.7 Å². The maximum atomic E-state index is 2.55. The van der Waals surface area contributed by atoms with Crippen LogP contribution in [0.3, 0.4) is 0 Å². The summed E-state index contributed by atoms with van der Waals surface area (Å²) in [5, 5.41) is 0. The number of anilines is 9. The van der Waals surface area contributed by atoms with Crippen LogP contribution in [0.25, 0.3) is 44.5 Å². The first kappa shape index (κ1) is 86.9. The molecule has 0 saturated heterocycles. The van der Waals surface area contributed by atoms with Crippen LogP contribution in [0.2, 0.25) is 0 Å². The monoisotopic (exact) mass is 1840 g/mol. The van der Waals surface area contributed by atoms with E-state index in [4.69, 9.17) is 0 Å². The second kappa shape index (κ2) is 34.5. The van der Waals surface area contributed by atoms with Crippen molar-refractivity contribution in [3.8, 4) is 44.5 Å². The van der Waals surface area contributed by atoms with Crippen molar-refractivity contribution in [3.05, 3.63) is 367 Å². The Balaban J connectivity index is 0.000000102. The van der Waals surface area contributed by atoms with Gasteiger partial charge in [-0.25, -0.2) is 0 Å². The maximum Gasteiger partial charge on any atom is 0.0540 e. The lowest BCUT2D eigenvalue weighted by Gasteiger charge is -2.57. The lowest BCUT2D eigenvalue weighted by molar-refractivity contribution is -0.00531. The van der Waals surface area contributed by atoms with Gasteiger partial charge >= 0.3 is 0 Å². The summed E-state index contributed by atoms with van der Waals surface area (Å²) in [4.78, 5) is 7.60. The molecule has 0 N–H and O–H groups in total. The molecule has 141 heavy (non-hydrogen) atoms.